The Hall–Kier alpha value is -0.980. The molecular formula is C17H27F4N3O4S. The Morgan fingerprint density at radius 1 is 1.21 bits per heavy atom. The highest BCUT2D eigenvalue weighted by Crippen LogP contribution is 2.41. The van der Waals surface area contributed by atoms with Crippen molar-refractivity contribution in [3.63, 3.8) is 0 Å². The molecule has 29 heavy (non-hydrogen) atoms. The SMILES string of the molecule is O=C1CN(C2C(O)CC3CCN(CCCCCC(F)(F)F)CC3C2F)S(=O)(=O)N1. The predicted molar refractivity (Wildman–Crippen MR) is 95.6 cm³/mol. The van der Waals surface area contributed by atoms with Crippen LogP contribution in [0.25, 0.3) is 0 Å². The van der Waals surface area contributed by atoms with Crippen LogP contribution < -0.4 is 4.72 Å². The van der Waals surface area contributed by atoms with E-state index in [1.54, 1.807) is 4.72 Å². The van der Waals surface area contributed by atoms with Crippen LogP contribution >= 0.6 is 0 Å². The molecular weight excluding hydrogens is 418 g/mol. The number of hydrogen-bond acceptors (Lipinski definition) is 5. The second-order valence-corrected chi connectivity index (χ2v) is 9.88. The number of carbonyl (C=O) groups excluding carboxylic acids is 1. The fourth-order valence-electron chi connectivity index (χ4n) is 4.79. The zero-order valence-corrected chi connectivity index (χ0v) is 16.8. The van der Waals surface area contributed by atoms with E-state index in [9.17, 15) is 31.5 Å². The summed E-state index contributed by atoms with van der Waals surface area (Å²) in [5, 5.41) is 10.4. The number of nitrogens with one attached hydrogen (secondary N) is 1. The van der Waals surface area contributed by atoms with Crippen LogP contribution in [-0.2, 0) is 15.0 Å². The van der Waals surface area contributed by atoms with Crippen LogP contribution in [0.3, 0.4) is 0 Å². The molecule has 3 aliphatic rings. The molecule has 2 N–H and O–H groups in total. The van der Waals surface area contributed by atoms with Crippen molar-refractivity contribution in [3.05, 3.63) is 0 Å². The summed E-state index contributed by atoms with van der Waals surface area (Å²) >= 11 is 0. The lowest BCUT2D eigenvalue weighted by Gasteiger charge is -2.48. The van der Waals surface area contributed by atoms with Crippen LogP contribution in [0.4, 0.5) is 17.6 Å². The summed E-state index contributed by atoms with van der Waals surface area (Å²) in [6, 6.07) is -1.31. The number of aliphatic hydroxyl groups excluding tert-OH is 1. The van der Waals surface area contributed by atoms with Gasteiger partial charge in [0.15, 0.2) is 0 Å². The number of likely N-dealkylation sites (tertiary alicyclic amines) is 1. The number of rotatable bonds is 6. The van der Waals surface area contributed by atoms with E-state index < -0.39 is 59.5 Å². The minimum Gasteiger partial charge on any atom is -0.391 e. The van der Waals surface area contributed by atoms with Gasteiger partial charge in [0, 0.05) is 18.9 Å². The van der Waals surface area contributed by atoms with E-state index in [2.05, 4.69) is 0 Å². The highest BCUT2D eigenvalue weighted by molar-refractivity contribution is 7.88. The van der Waals surface area contributed by atoms with Gasteiger partial charge in [-0.15, -0.1) is 0 Å². The molecule has 1 aliphatic carbocycles. The minimum absolute atomic E-state index is 0.0667. The average molecular weight is 445 g/mol. The molecule has 2 saturated heterocycles. The van der Waals surface area contributed by atoms with E-state index in [0.29, 0.717) is 38.9 Å². The van der Waals surface area contributed by atoms with Crippen molar-refractivity contribution in [3.8, 4) is 0 Å². The Labute approximate surface area is 167 Å². The van der Waals surface area contributed by atoms with Crippen molar-refractivity contribution in [1.82, 2.24) is 13.9 Å². The first-order valence-electron chi connectivity index (χ1n) is 9.91. The van der Waals surface area contributed by atoms with Crippen molar-refractivity contribution in [2.24, 2.45) is 11.8 Å². The van der Waals surface area contributed by atoms with Crippen LogP contribution in [0.5, 0.6) is 0 Å². The van der Waals surface area contributed by atoms with Gasteiger partial charge in [-0.05, 0) is 44.7 Å². The van der Waals surface area contributed by atoms with Gasteiger partial charge in [0.25, 0.3) is 0 Å². The van der Waals surface area contributed by atoms with Crippen LogP contribution in [0, 0.1) is 11.8 Å². The zero-order valence-electron chi connectivity index (χ0n) is 15.9. The Kier molecular flexibility index (Phi) is 6.76. The number of fused-ring (bicyclic) bond motifs is 1. The molecule has 1 saturated carbocycles. The molecule has 5 atom stereocenters. The topological polar surface area (TPSA) is 90.0 Å². The van der Waals surface area contributed by atoms with Gasteiger partial charge >= 0.3 is 16.4 Å². The van der Waals surface area contributed by atoms with Crippen LogP contribution in [-0.4, -0.2) is 79.3 Å². The van der Waals surface area contributed by atoms with E-state index in [4.69, 9.17) is 0 Å². The molecule has 0 radical (unpaired) electrons. The molecule has 168 valence electrons. The average Bonchev–Trinajstić information content (AvgIpc) is 2.86. The van der Waals surface area contributed by atoms with E-state index in [1.807, 2.05) is 4.90 Å². The van der Waals surface area contributed by atoms with Gasteiger partial charge in [-0.1, -0.05) is 6.42 Å². The third-order valence-corrected chi connectivity index (χ3v) is 7.66. The smallest absolute Gasteiger partial charge is 0.389 e. The molecule has 12 heteroatoms. The molecule has 3 rings (SSSR count). The number of aliphatic hydroxyl groups is 1. The van der Waals surface area contributed by atoms with Gasteiger partial charge in [-0.25, -0.2) is 9.11 Å². The maximum absolute atomic E-state index is 15.3. The van der Waals surface area contributed by atoms with E-state index in [-0.39, 0.29) is 18.8 Å². The molecule has 5 unspecified atom stereocenters. The number of piperidine rings is 1. The largest absolute Gasteiger partial charge is 0.391 e. The first kappa shape index (κ1) is 22.7. The van der Waals surface area contributed by atoms with Gasteiger partial charge in [-0.3, -0.25) is 4.79 Å². The third kappa shape index (κ3) is 5.39. The standard InChI is InChI=1S/C17H27F4N3O4S/c18-15-12-9-23(6-3-1-2-5-17(19,20)21)7-4-11(12)8-13(25)16(15)24-10-14(26)22-29(24,27)28/h11-13,15-16,25H,1-10H2,(H,22,26). The second kappa shape index (κ2) is 8.64. The van der Waals surface area contributed by atoms with Gasteiger partial charge < -0.3 is 10.0 Å². The molecule has 0 spiro atoms. The highest BCUT2D eigenvalue weighted by atomic mass is 32.2. The molecule has 0 aromatic rings. The molecule has 0 aromatic carbocycles. The normalized spacial score (nSPS) is 36.0. The maximum Gasteiger partial charge on any atom is 0.389 e. The van der Waals surface area contributed by atoms with Crippen molar-refractivity contribution in [1.29, 1.82) is 0 Å². The van der Waals surface area contributed by atoms with Crippen LogP contribution in [0.15, 0.2) is 0 Å². The molecule has 2 aliphatic heterocycles. The molecule has 7 nitrogen and oxygen atoms in total. The molecule has 0 bridgehead atoms. The Bertz CT molecular complexity index is 705. The number of halogens is 4. The number of alkyl halides is 4. The van der Waals surface area contributed by atoms with Crippen molar-refractivity contribution < 1.29 is 35.9 Å². The summed E-state index contributed by atoms with van der Waals surface area (Å²) in [5.74, 6) is -1.33. The maximum atomic E-state index is 15.3. The highest BCUT2D eigenvalue weighted by Gasteiger charge is 2.53. The minimum atomic E-state index is -4.16. The Morgan fingerprint density at radius 3 is 2.55 bits per heavy atom. The van der Waals surface area contributed by atoms with Gasteiger partial charge in [-0.2, -0.15) is 25.9 Å². The third-order valence-electron chi connectivity index (χ3n) is 6.18. The summed E-state index contributed by atoms with van der Waals surface area (Å²) < 4.78 is 78.6. The first-order valence-corrected chi connectivity index (χ1v) is 11.4. The van der Waals surface area contributed by atoms with Crippen molar-refractivity contribution in [2.75, 3.05) is 26.2 Å². The number of hydrogen-bond donors (Lipinski definition) is 2. The lowest BCUT2D eigenvalue weighted by Crippen LogP contribution is -2.61. The van der Waals surface area contributed by atoms with Gasteiger partial charge in [0.2, 0.25) is 5.91 Å². The van der Waals surface area contributed by atoms with Crippen molar-refractivity contribution >= 4 is 16.1 Å². The summed E-state index contributed by atoms with van der Waals surface area (Å²) in [6.07, 6.45) is -5.79. The van der Waals surface area contributed by atoms with Crippen molar-refractivity contribution in [2.45, 2.75) is 63.0 Å². The molecule has 1 amide bonds. The Morgan fingerprint density at radius 2 is 1.93 bits per heavy atom. The lowest BCUT2D eigenvalue weighted by molar-refractivity contribution is -0.135. The van der Waals surface area contributed by atoms with Gasteiger partial charge in [0.05, 0.1) is 18.7 Å². The number of amides is 1. The summed E-state index contributed by atoms with van der Waals surface area (Å²) in [5.41, 5.74) is 0. The fraction of sp³-hybridized carbons (Fsp3) is 0.941. The monoisotopic (exact) mass is 445 g/mol. The fourth-order valence-corrected chi connectivity index (χ4v) is 6.12. The number of carbonyl (C=O) groups is 1. The molecule has 2 heterocycles. The zero-order chi connectivity index (χ0) is 21.4. The quantitative estimate of drug-likeness (QED) is 0.474. The van der Waals surface area contributed by atoms with Crippen LogP contribution in [0.1, 0.15) is 38.5 Å². The second-order valence-electron chi connectivity index (χ2n) is 8.25. The van der Waals surface area contributed by atoms with Crippen LogP contribution in [0.2, 0.25) is 0 Å². The molecule has 0 aromatic heterocycles. The summed E-state index contributed by atoms with van der Waals surface area (Å²) in [6.45, 7) is 1.09. The summed E-state index contributed by atoms with van der Waals surface area (Å²) in [4.78, 5) is 13.5. The predicted octanol–water partition coefficient (Wildman–Crippen LogP) is 1.20. The van der Waals surface area contributed by atoms with Gasteiger partial charge in [0.1, 0.15) is 6.17 Å². The lowest BCUT2D eigenvalue weighted by atomic mass is 9.70. The number of unbranched alkanes of at least 4 members (excludes halogenated alkanes) is 2. The molecule has 3 fully saturated rings. The van der Waals surface area contributed by atoms with E-state index >= 15 is 4.39 Å². The number of nitrogens with zero attached hydrogens (tertiary/aromatic N) is 2. The van der Waals surface area contributed by atoms with E-state index in [1.165, 1.54) is 0 Å². The summed E-state index contributed by atoms with van der Waals surface area (Å²) in [7, 11) is -4.16. The first-order chi connectivity index (χ1) is 13.5. The van der Waals surface area contributed by atoms with E-state index in [0.717, 1.165) is 4.31 Å². The Balaban J connectivity index is 1.57.